The summed E-state index contributed by atoms with van der Waals surface area (Å²) in [6, 6.07) is 1.27. The van der Waals surface area contributed by atoms with E-state index in [2.05, 4.69) is 41.4 Å². The molecule has 6 heteroatoms. The number of ether oxygens (including phenoxy) is 1. The van der Waals surface area contributed by atoms with Crippen molar-refractivity contribution in [2.75, 3.05) is 26.8 Å². The van der Waals surface area contributed by atoms with E-state index in [4.69, 9.17) is 4.74 Å². The van der Waals surface area contributed by atoms with Crippen LogP contribution in [0.25, 0.3) is 0 Å². The van der Waals surface area contributed by atoms with Crippen LogP contribution in [0.5, 0.6) is 0 Å². The highest BCUT2D eigenvalue weighted by molar-refractivity contribution is 4.91. The Balaban J connectivity index is 1.54. The molecular formula is C14H27N5O. The van der Waals surface area contributed by atoms with E-state index in [0.717, 1.165) is 38.0 Å². The van der Waals surface area contributed by atoms with Crippen molar-refractivity contribution < 1.29 is 4.74 Å². The van der Waals surface area contributed by atoms with Crippen molar-refractivity contribution in [2.24, 2.45) is 0 Å². The van der Waals surface area contributed by atoms with Gasteiger partial charge in [0.25, 0.3) is 0 Å². The van der Waals surface area contributed by atoms with Crippen molar-refractivity contribution in [3.05, 3.63) is 11.9 Å². The van der Waals surface area contributed by atoms with Crippen LogP contribution >= 0.6 is 0 Å². The topological polar surface area (TPSA) is 55.2 Å². The molecule has 1 heterocycles. The monoisotopic (exact) mass is 281 g/mol. The molecule has 1 aliphatic rings. The molecule has 114 valence electrons. The molecule has 0 aliphatic heterocycles. The predicted octanol–water partition coefficient (Wildman–Crippen LogP) is 0.887. The lowest BCUT2D eigenvalue weighted by Crippen LogP contribution is -2.25. The third-order valence-corrected chi connectivity index (χ3v) is 3.50. The molecule has 0 radical (unpaired) electrons. The summed E-state index contributed by atoms with van der Waals surface area (Å²) in [5, 5.41) is 11.6. The van der Waals surface area contributed by atoms with Gasteiger partial charge in [-0.05, 0) is 19.9 Å². The first-order chi connectivity index (χ1) is 9.65. The fourth-order valence-corrected chi connectivity index (χ4v) is 2.00. The smallest absolute Gasteiger partial charge is 0.0964 e. The number of nitrogens with one attached hydrogen (secondary N) is 1. The van der Waals surface area contributed by atoms with Gasteiger partial charge < -0.3 is 15.0 Å². The van der Waals surface area contributed by atoms with Crippen LogP contribution in [0.2, 0.25) is 0 Å². The Labute approximate surface area is 121 Å². The normalized spacial score (nSPS) is 15.4. The Hall–Kier alpha value is -0.980. The molecule has 0 aromatic carbocycles. The highest BCUT2D eigenvalue weighted by Gasteiger charge is 2.25. The second-order valence-electron chi connectivity index (χ2n) is 5.83. The number of aromatic nitrogens is 3. The summed E-state index contributed by atoms with van der Waals surface area (Å²) in [5.74, 6) is 0. The molecule has 1 aliphatic carbocycles. The number of nitrogens with zero attached hydrogens (tertiary/aromatic N) is 4. The van der Waals surface area contributed by atoms with Gasteiger partial charge in [0.05, 0.1) is 25.5 Å². The van der Waals surface area contributed by atoms with E-state index in [1.54, 1.807) is 0 Å². The minimum Gasteiger partial charge on any atom is -0.378 e. The van der Waals surface area contributed by atoms with E-state index < -0.39 is 0 Å². The van der Waals surface area contributed by atoms with E-state index in [-0.39, 0.29) is 0 Å². The van der Waals surface area contributed by atoms with Gasteiger partial charge in [-0.25, -0.2) is 4.68 Å². The van der Waals surface area contributed by atoms with Gasteiger partial charge in [0, 0.05) is 31.4 Å². The van der Waals surface area contributed by atoms with Crippen LogP contribution in [-0.4, -0.2) is 58.8 Å². The Bertz CT molecular complexity index is 389. The van der Waals surface area contributed by atoms with Crippen LogP contribution in [0.4, 0.5) is 0 Å². The SMILES string of the molecule is CC(C)NCc1cn(CCOCCN(C)C2CC2)nn1. The standard InChI is InChI=1S/C14H27N5O/c1-12(2)15-10-13-11-19(17-16-13)7-9-20-8-6-18(3)14-4-5-14/h11-12,14-15H,4-10H2,1-3H3. The van der Waals surface area contributed by atoms with Crippen LogP contribution in [0.3, 0.4) is 0 Å². The molecule has 1 aromatic heterocycles. The summed E-state index contributed by atoms with van der Waals surface area (Å²) in [6.07, 6.45) is 4.68. The average molecular weight is 281 g/mol. The quantitative estimate of drug-likeness (QED) is 0.645. The van der Waals surface area contributed by atoms with Gasteiger partial charge in [-0.1, -0.05) is 19.1 Å². The van der Waals surface area contributed by atoms with Gasteiger partial charge in [0.15, 0.2) is 0 Å². The predicted molar refractivity (Wildman–Crippen MR) is 78.5 cm³/mol. The maximum atomic E-state index is 5.65. The maximum Gasteiger partial charge on any atom is 0.0964 e. The zero-order chi connectivity index (χ0) is 14.4. The molecular weight excluding hydrogens is 254 g/mol. The minimum atomic E-state index is 0.465. The number of hydrogen-bond acceptors (Lipinski definition) is 5. The van der Waals surface area contributed by atoms with Crippen LogP contribution in [-0.2, 0) is 17.8 Å². The Morgan fingerprint density at radius 2 is 2.25 bits per heavy atom. The molecule has 1 saturated carbocycles. The van der Waals surface area contributed by atoms with Crippen molar-refractivity contribution in [1.29, 1.82) is 0 Å². The van der Waals surface area contributed by atoms with Crippen molar-refractivity contribution in [1.82, 2.24) is 25.2 Å². The van der Waals surface area contributed by atoms with Gasteiger partial charge in [-0.15, -0.1) is 5.10 Å². The second kappa shape index (κ2) is 7.71. The minimum absolute atomic E-state index is 0.465. The van der Waals surface area contributed by atoms with Gasteiger partial charge >= 0.3 is 0 Å². The van der Waals surface area contributed by atoms with Crippen LogP contribution < -0.4 is 5.32 Å². The Kier molecular flexibility index (Phi) is 5.94. The Morgan fingerprint density at radius 3 is 2.95 bits per heavy atom. The molecule has 0 unspecified atom stereocenters. The number of likely N-dealkylation sites (N-methyl/N-ethyl adjacent to an activating group) is 1. The number of hydrogen-bond donors (Lipinski definition) is 1. The van der Waals surface area contributed by atoms with E-state index in [1.165, 1.54) is 12.8 Å². The highest BCUT2D eigenvalue weighted by atomic mass is 16.5. The lowest BCUT2D eigenvalue weighted by atomic mass is 10.3. The van der Waals surface area contributed by atoms with Crippen molar-refractivity contribution in [3.63, 3.8) is 0 Å². The maximum absolute atomic E-state index is 5.65. The summed E-state index contributed by atoms with van der Waals surface area (Å²) >= 11 is 0. The highest BCUT2D eigenvalue weighted by Crippen LogP contribution is 2.24. The van der Waals surface area contributed by atoms with E-state index in [1.807, 2.05) is 10.9 Å². The second-order valence-corrected chi connectivity index (χ2v) is 5.83. The fraction of sp³-hybridized carbons (Fsp3) is 0.857. The molecule has 1 fully saturated rings. The number of rotatable bonds is 10. The van der Waals surface area contributed by atoms with Crippen LogP contribution in [0.15, 0.2) is 6.20 Å². The van der Waals surface area contributed by atoms with Crippen molar-refractivity contribution in [3.8, 4) is 0 Å². The zero-order valence-corrected chi connectivity index (χ0v) is 12.9. The summed E-state index contributed by atoms with van der Waals surface area (Å²) in [5.41, 5.74) is 0.979. The molecule has 0 spiro atoms. The molecule has 1 N–H and O–H groups in total. The largest absolute Gasteiger partial charge is 0.378 e. The molecule has 0 saturated heterocycles. The van der Waals surface area contributed by atoms with Crippen LogP contribution in [0.1, 0.15) is 32.4 Å². The van der Waals surface area contributed by atoms with E-state index in [9.17, 15) is 0 Å². The van der Waals surface area contributed by atoms with Gasteiger partial charge in [-0.2, -0.15) is 0 Å². The molecule has 20 heavy (non-hydrogen) atoms. The summed E-state index contributed by atoms with van der Waals surface area (Å²) < 4.78 is 7.50. The summed E-state index contributed by atoms with van der Waals surface area (Å²) in [7, 11) is 2.17. The van der Waals surface area contributed by atoms with E-state index in [0.29, 0.717) is 12.6 Å². The molecule has 2 rings (SSSR count). The molecule has 1 aromatic rings. The van der Waals surface area contributed by atoms with Crippen molar-refractivity contribution in [2.45, 2.75) is 51.9 Å². The Morgan fingerprint density at radius 1 is 1.45 bits per heavy atom. The molecule has 6 nitrogen and oxygen atoms in total. The van der Waals surface area contributed by atoms with Gasteiger partial charge in [-0.3, -0.25) is 0 Å². The summed E-state index contributed by atoms with van der Waals surface area (Å²) in [4.78, 5) is 2.38. The summed E-state index contributed by atoms with van der Waals surface area (Å²) in [6.45, 7) is 8.29. The van der Waals surface area contributed by atoms with Gasteiger partial charge in [0.2, 0.25) is 0 Å². The lowest BCUT2D eigenvalue weighted by molar-refractivity contribution is 0.101. The van der Waals surface area contributed by atoms with E-state index >= 15 is 0 Å². The lowest BCUT2D eigenvalue weighted by Gasteiger charge is -2.15. The third kappa shape index (κ3) is 5.56. The fourth-order valence-electron chi connectivity index (χ4n) is 2.00. The first-order valence-electron chi connectivity index (χ1n) is 7.55. The average Bonchev–Trinajstić information content (AvgIpc) is 3.17. The van der Waals surface area contributed by atoms with Crippen molar-refractivity contribution >= 4 is 0 Å². The van der Waals surface area contributed by atoms with Crippen LogP contribution in [0, 0.1) is 0 Å². The molecule has 0 bridgehead atoms. The first kappa shape index (κ1) is 15.4. The molecule has 0 atom stereocenters. The first-order valence-corrected chi connectivity index (χ1v) is 7.55. The van der Waals surface area contributed by atoms with Gasteiger partial charge in [0.1, 0.15) is 0 Å². The molecule has 0 amide bonds. The zero-order valence-electron chi connectivity index (χ0n) is 12.9. The third-order valence-electron chi connectivity index (χ3n) is 3.50.